The number of rotatable bonds is 1. The van der Waals surface area contributed by atoms with Crippen molar-refractivity contribution < 1.29 is 10.4 Å². The lowest BCUT2D eigenvalue weighted by molar-refractivity contribution is 0.148. The molecule has 1 aliphatic rings. The zero-order valence-electron chi connectivity index (χ0n) is 5.04. The summed E-state index contributed by atoms with van der Waals surface area (Å²) >= 11 is 0. The molecular weight excluding hydrogens is 120 g/mol. The van der Waals surface area contributed by atoms with E-state index in [0.29, 0.717) is 5.71 Å². The lowest BCUT2D eigenvalue weighted by atomic mass is 10.2. The Balaban J connectivity index is 2.52. The van der Waals surface area contributed by atoms with E-state index in [1.807, 2.05) is 0 Å². The van der Waals surface area contributed by atoms with Gasteiger partial charge in [-0.15, -0.1) is 0 Å². The summed E-state index contributed by atoms with van der Waals surface area (Å²) in [5.74, 6) is 0. The average molecular weight is 130 g/mol. The summed E-state index contributed by atoms with van der Waals surface area (Å²) in [4.78, 5) is 0. The second-order valence-electron chi connectivity index (χ2n) is 2.17. The Morgan fingerprint density at radius 1 is 1.67 bits per heavy atom. The van der Waals surface area contributed by atoms with E-state index in [4.69, 9.17) is 10.4 Å². The maximum atomic E-state index is 8.43. The molecule has 1 aliphatic carbocycles. The third-order valence-corrected chi connectivity index (χ3v) is 1.61. The fourth-order valence-electron chi connectivity index (χ4n) is 1.09. The molecule has 0 spiro atoms. The van der Waals surface area contributed by atoms with E-state index >= 15 is 0 Å². The number of nitrogens with one attached hydrogen (secondary N) is 1. The molecule has 0 aromatic heterocycles. The van der Waals surface area contributed by atoms with Crippen LogP contribution in [0.5, 0.6) is 0 Å². The molecule has 1 saturated carbocycles. The van der Waals surface area contributed by atoms with Gasteiger partial charge in [-0.25, -0.2) is 0 Å². The largest absolute Gasteiger partial charge is 0.411 e. The van der Waals surface area contributed by atoms with Crippen LogP contribution in [0.2, 0.25) is 0 Å². The summed E-state index contributed by atoms with van der Waals surface area (Å²) in [6, 6.07) is -0.116. The van der Waals surface area contributed by atoms with Crippen molar-refractivity contribution in [3.8, 4) is 0 Å². The Kier molecular flexibility index (Phi) is 2.02. The van der Waals surface area contributed by atoms with Gasteiger partial charge in [-0.1, -0.05) is 5.16 Å². The van der Waals surface area contributed by atoms with E-state index in [1.165, 1.54) is 0 Å². The van der Waals surface area contributed by atoms with Crippen molar-refractivity contribution in [1.82, 2.24) is 5.48 Å². The van der Waals surface area contributed by atoms with Gasteiger partial charge in [0.1, 0.15) is 0 Å². The fourth-order valence-corrected chi connectivity index (χ4v) is 1.09. The predicted octanol–water partition coefficient (Wildman–Crippen LogP) is 0.348. The summed E-state index contributed by atoms with van der Waals surface area (Å²) in [5, 5.41) is 19.8. The van der Waals surface area contributed by atoms with Gasteiger partial charge in [-0.05, 0) is 19.3 Å². The lowest BCUT2D eigenvalue weighted by Crippen LogP contribution is -2.29. The highest BCUT2D eigenvalue weighted by molar-refractivity contribution is 5.90. The Bertz CT molecular complexity index is 124. The van der Waals surface area contributed by atoms with E-state index in [-0.39, 0.29) is 6.04 Å². The summed E-state index contributed by atoms with van der Waals surface area (Å²) < 4.78 is 0. The maximum Gasteiger partial charge on any atom is 0.0763 e. The molecule has 52 valence electrons. The molecule has 0 amide bonds. The first kappa shape index (κ1) is 6.51. The fraction of sp³-hybridized carbons (Fsp3) is 0.800. The average Bonchev–Trinajstić information content (AvgIpc) is 2.33. The third kappa shape index (κ3) is 1.20. The van der Waals surface area contributed by atoms with Crippen LogP contribution in [-0.4, -0.2) is 22.2 Å². The first-order chi connectivity index (χ1) is 4.38. The molecule has 0 aromatic carbocycles. The smallest absolute Gasteiger partial charge is 0.0763 e. The molecule has 0 aliphatic heterocycles. The van der Waals surface area contributed by atoms with Gasteiger partial charge in [0.15, 0.2) is 0 Å². The molecule has 1 atom stereocenters. The summed E-state index contributed by atoms with van der Waals surface area (Å²) in [6.45, 7) is 0. The highest BCUT2D eigenvalue weighted by Gasteiger charge is 2.21. The lowest BCUT2D eigenvalue weighted by Gasteiger charge is -2.04. The molecule has 0 aromatic rings. The van der Waals surface area contributed by atoms with E-state index < -0.39 is 0 Å². The van der Waals surface area contributed by atoms with Crippen molar-refractivity contribution >= 4 is 5.71 Å². The van der Waals surface area contributed by atoms with Gasteiger partial charge in [-0.2, -0.15) is 5.48 Å². The van der Waals surface area contributed by atoms with Gasteiger partial charge in [-0.3, -0.25) is 0 Å². The molecule has 1 unspecified atom stereocenters. The minimum Gasteiger partial charge on any atom is -0.411 e. The minimum absolute atomic E-state index is 0.116. The number of hydrogen-bond acceptors (Lipinski definition) is 4. The minimum atomic E-state index is -0.116. The molecule has 1 fully saturated rings. The molecule has 0 radical (unpaired) electrons. The van der Waals surface area contributed by atoms with Gasteiger partial charge < -0.3 is 10.4 Å². The number of oxime groups is 1. The number of hydrogen-bond donors (Lipinski definition) is 3. The van der Waals surface area contributed by atoms with Gasteiger partial charge in [0.2, 0.25) is 0 Å². The standard InChI is InChI=1S/C5H10N2O2/c8-6-4-2-1-3-5(4)7-9/h4,6,8-9H,1-3H2/b7-5+. The van der Waals surface area contributed by atoms with Crippen molar-refractivity contribution in [2.24, 2.45) is 5.16 Å². The molecule has 4 heteroatoms. The highest BCUT2D eigenvalue weighted by atomic mass is 16.5. The number of hydroxylamine groups is 1. The molecule has 9 heavy (non-hydrogen) atoms. The predicted molar refractivity (Wildman–Crippen MR) is 31.8 cm³/mol. The second kappa shape index (κ2) is 2.80. The van der Waals surface area contributed by atoms with Crippen LogP contribution in [0.1, 0.15) is 19.3 Å². The molecule has 0 saturated heterocycles. The van der Waals surface area contributed by atoms with Crippen LogP contribution in [0.3, 0.4) is 0 Å². The quantitative estimate of drug-likeness (QED) is 0.354. The van der Waals surface area contributed by atoms with E-state index in [2.05, 4.69) is 10.6 Å². The molecule has 0 bridgehead atoms. The van der Waals surface area contributed by atoms with Crippen LogP contribution in [0.25, 0.3) is 0 Å². The molecule has 0 heterocycles. The van der Waals surface area contributed by atoms with Crippen LogP contribution >= 0.6 is 0 Å². The second-order valence-corrected chi connectivity index (χ2v) is 2.17. The maximum absolute atomic E-state index is 8.43. The van der Waals surface area contributed by atoms with Crippen LogP contribution in [0.15, 0.2) is 5.16 Å². The molecular formula is C5H10N2O2. The van der Waals surface area contributed by atoms with Crippen molar-refractivity contribution in [3.63, 3.8) is 0 Å². The SMILES string of the molecule is O/N=C1\CCCC1NO. The van der Waals surface area contributed by atoms with Gasteiger partial charge in [0, 0.05) is 0 Å². The first-order valence-corrected chi connectivity index (χ1v) is 2.99. The van der Waals surface area contributed by atoms with Crippen LogP contribution in [-0.2, 0) is 0 Å². The Hall–Kier alpha value is -0.610. The van der Waals surface area contributed by atoms with Crippen LogP contribution < -0.4 is 5.48 Å². The van der Waals surface area contributed by atoms with Crippen LogP contribution in [0, 0.1) is 0 Å². The zero-order valence-corrected chi connectivity index (χ0v) is 5.04. The normalized spacial score (nSPS) is 31.7. The topological polar surface area (TPSA) is 64.9 Å². The number of nitrogens with zero attached hydrogens (tertiary/aromatic N) is 1. The van der Waals surface area contributed by atoms with Crippen LogP contribution in [0.4, 0.5) is 0 Å². The summed E-state index contributed by atoms with van der Waals surface area (Å²) in [5.41, 5.74) is 2.72. The van der Waals surface area contributed by atoms with Crippen molar-refractivity contribution in [2.45, 2.75) is 25.3 Å². The van der Waals surface area contributed by atoms with Crippen molar-refractivity contribution in [1.29, 1.82) is 0 Å². The first-order valence-electron chi connectivity index (χ1n) is 2.99. The van der Waals surface area contributed by atoms with Gasteiger partial charge in [0.25, 0.3) is 0 Å². The van der Waals surface area contributed by atoms with Gasteiger partial charge in [0.05, 0.1) is 11.8 Å². The van der Waals surface area contributed by atoms with Crippen molar-refractivity contribution in [3.05, 3.63) is 0 Å². The van der Waals surface area contributed by atoms with E-state index in [9.17, 15) is 0 Å². The summed E-state index contributed by atoms with van der Waals surface area (Å²) in [7, 11) is 0. The zero-order chi connectivity index (χ0) is 6.69. The highest BCUT2D eigenvalue weighted by Crippen LogP contribution is 2.14. The Morgan fingerprint density at radius 2 is 2.44 bits per heavy atom. The monoisotopic (exact) mass is 130 g/mol. The Morgan fingerprint density at radius 3 is 2.89 bits per heavy atom. The molecule has 1 rings (SSSR count). The van der Waals surface area contributed by atoms with Gasteiger partial charge >= 0.3 is 0 Å². The molecule has 3 N–H and O–H groups in total. The van der Waals surface area contributed by atoms with E-state index in [0.717, 1.165) is 19.3 Å². The third-order valence-electron chi connectivity index (χ3n) is 1.61. The summed E-state index contributed by atoms with van der Waals surface area (Å²) in [6.07, 6.45) is 2.63. The van der Waals surface area contributed by atoms with E-state index in [1.54, 1.807) is 0 Å². The Labute approximate surface area is 53.1 Å². The molecule has 4 nitrogen and oxygen atoms in total. The van der Waals surface area contributed by atoms with Crippen molar-refractivity contribution in [2.75, 3.05) is 0 Å².